The van der Waals surface area contributed by atoms with Gasteiger partial charge in [-0.05, 0) is 63.8 Å². The first-order valence-corrected chi connectivity index (χ1v) is 14.0. The molecule has 9 heteroatoms. The van der Waals surface area contributed by atoms with E-state index < -0.39 is 22.9 Å². The van der Waals surface area contributed by atoms with Crippen LogP contribution in [0.25, 0.3) is 0 Å². The lowest BCUT2D eigenvalue weighted by atomic mass is 9.69. The number of likely N-dealkylation sites (tertiary alicyclic amines) is 2. The molecule has 0 aliphatic carbocycles. The van der Waals surface area contributed by atoms with E-state index in [1.165, 1.54) is 12.1 Å². The lowest BCUT2D eigenvalue weighted by Gasteiger charge is -2.43. The molecule has 2 aliphatic heterocycles. The molecule has 0 bridgehead atoms. The average molecular weight is 553 g/mol. The van der Waals surface area contributed by atoms with Crippen LogP contribution in [0, 0.1) is 11.2 Å². The van der Waals surface area contributed by atoms with Gasteiger partial charge in [0.1, 0.15) is 11.9 Å². The molecule has 2 heterocycles. The van der Waals surface area contributed by atoms with Crippen LogP contribution in [-0.2, 0) is 25.7 Å². The Bertz CT molecular complexity index is 1200. The quantitative estimate of drug-likeness (QED) is 0.497. The van der Waals surface area contributed by atoms with Crippen molar-refractivity contribution in [3.8, 4) is 0 Å². The molecule has 0 saturated carbocycles. The molecular weight excluding hydrogens is 511 g/mol. The Kier molecular flexibility index (Phi) is 8.95. The number of amides is 3. The van der Waals surface area contributed by atoms with Gasteiger partial charge in [0.2, 0.25) is 17.7 Å². The standard InChI is InChI=1S/C31H41FN4O4/c1-21(2)36-17-25(23-11-13-24(32)14-12-23)31(29(36)39)15-8-16-35(20-31)27(37)26(34-28(38)30(3,4)33)19-40-18-22-9-6-5-7-10-22/h5-7,9-14,21,25-26H,8,15-20,33H2,1-4H3,(H,34,38)/t25?,26?,31-/m0/s1. The number of rotatable bonds is 9. The van der Waals surface area contributed by atoms with Gasteiger partial charge < -0.3 is 25.6 Å². The first kappa shape index (κ1) is 29.7. The van der Waals surface area contributed by atoms with E-state index in [0.717, 1.165) is 11.1 Å². The number of nitrogens with one attached hydrogen (secondary N) is 1. The number of ether oxygens (including phenoxy) is 1. The van der Waals surface area contributed by atoms with Gasteiger partial charge in [-0.1, -0.05) is 42.5 Å². The molecule has 4 rings (SSSR count). The number of piperidine rings is 1. The summed E-state index contributed by atoms with van der Waals surface area (Å²) in [6.45, 7) is 8.55. The minimum Gasteiger partial charge on any atom is -0.374 e. The number of halogens is 1. The number of hydrogen-bond donors (Lipinski definition) is 2. The summed E-state index contributed by atoms with van der Waals surface area (Å²) in [6, 6.07) is 14.9. The van der Waals surface area contributed by atoms with Crippen molar-refractivity contribution in [2.75, 3.05) is 26.2 Å². The van der Waals surface area contributed by atoms with Crippen LogP contribution in [0.15, 0.2) is 54.6 Å². The van der Waals surface area contributed by atoms with Crippen LogP contribution in [0.5, 0.6) is 0 Å². The molecule has 2 aromatic rings. The summed E-state index contributed by atoms with van der Waals surface area (Å²) in [4.78, 5) is 44.3. The Labute approximate surface area is 236 Å². The van der Waals surface area contributed by atoms with Gasteiger partial charge in [-0.15, -0.1) is 0 Å². The summed E-state index contributed by atoms with van der Waals surface area (Å²) in [5.41, 5.74) is 5.83. The van der Waals surface area contributed by atoms with Crippen molar-refractivity contribution >= 4 is 17.7 Å². The van der Waals surface area contributed by atoms with Gasteiger partial charge in [-0.2, -0.15) is 0 Å². The molecule has 8 nitrogen and oxygen atoms in total. The van der Waals surface area contributed by atoms with Crippen LogP contribution in [0.4, 0.5) is 4.39 Å². The summed E-state index contributed by atoms with van der Waals surface area (Å²) < 4.78 is 19.6. The summed E-state index contributed by atoms with van der Waals surface area (Å²) in [7, 11) is 0. The van der Waals surface area contributed by atoms with E-state index in [-0.39, 0.29) is 49.3 Å². The molecule has 0 radical (unpaired) electrons. The number of benzene rings is 2. The number of nitrogens with zero attached hydrogens (tertiary/aromatic N) is 2. The highest BCUT2D eigenvalue weighted by atomic mass is 19.1. The van der Waals surface area contributed by atoms with E-state index in [1.807, 2.05) is 49.1 Å². The molecule has 0 aromatic heterocycles. The van der Waals surface area contributed by atoms with E-state index in [1.54, 1.807) is 30.9 Å². The van der Waals surface area contributed by atoms with Crippen molar-refractivity contribution in [2.24, 2.45) is 11.1 Å². The van der Waals surface area contributed by atoms with Crippen molar-refractivity contribution in [3.05, 3.63) is 71.5 Å². The average Bonchev–Trinajstić information content (AvgIpc) is 3.19. The lowest BCUT2D eigenvalue weighted by molar-refractivity contribution is -0.148. The molecule has 1 spiro atoms. The van der Waals surface area contributed by atoms with E-state index in [2.05, 4.69) is 5.32 Å². The fraction of sp³-hybridized carbons (Fsp3) is 0.516. The van der Waals surface area contributed by atoms with Crippen LogP contribution < -0.4 is 11.1 Å². The zero-order chi connectivity index (χ0) is 29.1. The highest BCUT2D eigenvalue weighted by Crippen LogP contribution is 2.50. The van der Waals surface area contributed by atoms with Crippen LogP contribution in [0.2, 0.25) is 0 Å². The number of carbonyl (C=O) groups excluding carboxylic acids is 3. The van der Waals surface area contributed by atoms with E-state index in [0.29, 0.717) is 25.9 Å². The minimum atomic E-state index is -1.19. The number of hydrogen-bond acceptors (Lipinski definition) is 5. The van der Waals surface area contributed by atoms with Crippen LogP contribution >= 0.6 is 0 Å². The highest BCUT2D eigenvalue weighted by molar-refractivity contribution is 5.93. The zero-order valence-electron chi connectivity index (χ0n) is 23.9. The van der Waals surface area contributed by atoms with E-state index >= 15 is 0 Å². The van der Waals surface area contributed by atoms with Crippen LogP contribution in [0.3, 0.4) is 0 Å². The molecule has 2 saturated heterocycles. The van der Waals surface area contributed by atoms with Crippen molar-refractivity contribution in [1.29, 1.82) is 0 Å². The van der Waals surface area contributed by atoms with Gasteiger partial charge in [0.05, 0.1) is 24.2 Å². The fourth-order valence-corrected chi connectivity index (χ4v) is 5.79. The van der Waals surface area contributed by atoms with Gasteiger partial charge in [0, 0.05) is 31.6 Å². The number of carbonyl (C=O) groups is 3. The third kappa shape index (κ3) is 6.36. The first-order valence-electron chi connectivity index (χ1n) is 14.0. The van der Waals surface area contributed by atoms with Gasteiger partial charge in [-0.3, -0.25) is 14.4 Å². The van der Waals surface area contributed by atoms with Gasteiger partial charge >= 0.3 is 0 Å². The number of nitrogens with two attached hydrogens (primary N) is 1. The molecule has 216 valence electrons. The summed E-state index contributed by atoms with van der Waals surface area (Å²) in [5.74, 6) is -1.28. The predicted molar refractivity (Wildman–Crippen MR) is 151 cm³/mol. The second-order valence-corrected chi connectivity index (χ2v) is 11.9. The Hall–Kier alpha value is -3.30. The topological polar surface area (TPSA) is 105 Å². The molecular formula is C31H41FN4O4. The van der Waals surface area contributed by atoms with Crippen LogP contribution in [0.1, 0.15) is 57.6 Å². The van der Waals surface area contributed by atoms with Crippen LogP contribution in [-0.4, -0.2) is 71.4 Å². The fourth-order valence-electron chi connectivity index (χ4n) is 5.79. The third-order valence-electron chi connectivity index (χ3n) is 8.05. The van der Waals surface area contributed by atoms with Gasteiger partial charge in [0.15, 0.2) is 0 Å². The second kappa shape index (κ2) is 12.1. The molecule has 3 amide bonds. The zero-order valence-corrected chi connectivity index (χ0v) is 23.9. The summed E-state index contributed by atoms with van der Waals surface area (Å²) in [6.07, 6.45) is 1.26. The maximum absolute atomic E-state index is 14.0. The molecule has 40 heavy (non-hydrogen) atoms. The monoisotopic (exact) mass is 552 g/mol. The molecule has 3 N–H and O–H groups in total. The van der Waals surface area contributed by atoms with E-state index in [9.17, 15) is 18.8 Å². The Balaban J connectivity index is 1.58. The molecule has 3 atom stereocenters. The summed E-state index contributed by atoms with van der Waals surface area (Å²) >= 11 is 0. The molecule has 2 fully saturated rings. The van der Waals surface area contributed by atoms with Crippen molar-refractivity contribution in [3.63, 3.8) is 0 Å². The summed E-state index contributed by atoms with van der Waals surface area (Å²) in [5, 5.41) is 2.79. The highest BCUT2D eigenvalue weighted by Gasteiger charge is 2.57. The van der Waals surface area contributed by atoms with Crippen molar-refractivity contribution < 1.29 is 23.5 Å². The Morgan fingerprint density at radius 1 is 1.15 bits per heavy atom. The smallest absolute Gasteiger partial charge is 0.247 e. The Morgan fingerprint density at radius 3 is 2.45 bits per heavy atom. The third-order valence-corrected chi connectivity index (χ3v) is 8.05. The Morgan fingerprint density at radius 2 is 1.82 bits per heavy atom. The first-order chi connectivity index (χ1) is 18.9. The van der Waals surface area contributed by atoms with E-state index in [4.69, 9.17) is 10.5 Å². The molecule has 2 aliphatic rings. The maximum Gasteiger partial charge on any atom is 0.247 e. The molecule has 2 unspecified atom stereocenters. The van der Waals surface area contributed by atoms with Gasteiger partial charge in [-0.25, -0.2) is 4.39 Å². The van der Waals surface area contributed by atoms with Gasteiger partial charge in [0.25, 0.3) is 0 Å². The van der Waals surface area contributed by atoms with Crippen molar-refractivity contribution in [2.45, 2.75) is 70.7 Å². The normalized spacial score (nSPS) is 22.2. The van der Waals surface area contributed by atoms with Crippen molar-refractivity contribution in [1.82, 2.24) is 15.1 Å². The largest absolute Gasteiger partial charge is 0.374 e. The molecule has 2 aromatic carbocycles. The minimum absolute atomic E-state index is 0.00823. The SMILES string of the molecule is CC(C)N1CC(c2ccc(F)cc2)[C@@]2(CCCN(C(=O)C(COCc3ccccc3)NC(=O)C(C)(C)N)C2)C1=O. The predicted octanol–water partition coefficient (Wildman–Crippen LogP) is 3.21. The maximum atomic E-state index is 14.0. The second-order valence-electron chi connectivity index (χ2n) is 11.9. The lowest BCUT2D eigenvalue weighted by Crippen LogP contribution is -2.60.